The van der Waals surface area contributed by atoms with Crippen LogP contribution in [-0.4, -0.2) is 24.9 Å². The Morgan fingerprint density at radius 3 is 2.22 bits per heavy atom. The van der Waals surface area contributed by atoms with Crippen LogP contribution in [0.3, 0.4) is 0 Å². The van der Waals surface area contributed by atoms with E-state index in [1.165, 1.54) is 7.05 Å². The van der Waals surface area contributed by atoms with Gasteiger partial charge in [0, 0.05) is 38.3 Å². The molecule has 6 heteroatoms. The molecule has 0 spiro atoms. The number of para-hydroxylation sites is 1. The summed E-state index contributed by atoms with van der Waals surface area (Å²) in [6, 6.07) is 6.95. The maximum atomic E-state index is 10.6. The maximum absolute atomic E-state index is 10.6. The van der Waals surface area contributed by atoms with E-state index in [2.05, 4.69) is 5.73 Å². The molecule has 0 aliphatic rings. The van der Waals surface area contributed by atoms with Crippen LogP contribution in [0.15, 0.2) is 24.3 Å². The van der Waals surface area contributed by atoms with Crippen LogP contribution in [0.2, 0.25) is 0 Å². The SMILES string of the molecule is CC.CN.NC(=O)Cc1ccccc1OCO.[Y]. The molecule has 0 unspecified atom stereocenters. The molecule has 1 aromatic rings. The second kappa shape index (κ2) is 16.5. The normalized spacial score (nSPS) is 7.61. The van der Waals surface area contributed by atoms with E-state index in [0.29, 0.717) is 11.3 Å². The van der Waals surface area contributed by atoms with Crippen molar-refractivity contribution in [2.24, 2.45) is 11.5 Å². The van der Waals surface area contributed by atoms with Gasteiger partial charge in [-0.1, -0.05) is 32.0 Å². The van der Waals surface area contributed by atoms with Crippen LogP contribution in [0.4, 0.5) is 0 Å². The zero-order chi connectivity index (χ0) is 13.7. The van der Waals surface area contributed by atoms with Crippen molar-refractivity contribution in [1.82, 2.24) is 0 Å². The van der Waals surface area contributed by atoms with Gasteiger partial charge in [0.05, 0.1) is 6.42 Å². The molecule has 0 aliphatic carbocycles. The number of rotatable bonds is 4. The minimum Gasteiger partial charge on any atom is -0.467 e. The molecule has 5 nitrogen and oxygen atoms in total. The first-order chi connectivity index (χ1) is 8.24. The Bertz CT molecular complexity index is 309. The molecule has 0 aliphatic heterocycles. The van der Waals surface area contributed by atoms with Crippen LogP contribution < -0.4 is 16.2 Å². The monoisotopic (exact) mass is 331 g/mol. The topological polar surface area (TPSA) is 98.6 Å². The fourth-order valence-electron chi connectivity index (χ4n) is 1.05. The van der Waals surface area contributed by atoms with Crippen molar-refractivity contribution in [3.63, 3.8) is 0 Å². The Balaban J connectivity index is -0.000000409. The second-order valence-electron chi connectivity index (χ2n) is 2.52. The molecule has 0 fully saturated rings. The van der Waals surface area contributed by atoms with Crippen LogP contribution in [0.25, 0.3) is 0 Å². The Morgan fingerprint density at radius 1 is 1.28 bits per heavy atom. The molecule has 0 heterocycles. The summed E-state index contributed by atoms with van der Waals surface area (Å²) in [5.41, 5.74) is 10.2. The molecule has 101 valence electrons. The first-order valence-electron chi connectivity index (χ1n) is 5.41. The third-order valence-corrected chi connectivity index (χ3v) is 1.56. The number of benzene rings is 1. The van der Waals surface area contributed by atoms with Gasteiger partial charge in [-0.2, -0.15) is 0 Å². The fourth-order valence-corrected chi connectivity index (χ4v) is 1.05. The maximum Gasteiger partial charge on any atom is 0.221 e. The summed E-state index contributed by atoms with van der Waals surface area (Å²) in [5.74, 6) is 0.0674. The molecular formula is C12H22N2O3Y. The van der Waals surface area contributed by atoms with E-state index < -0.39 is 12.7 Å². The summed E-state index contributed by atoms with van der Waals surface area (Å²) in [5, 5.41) is 8.54. The number of aliphatic hydroxyl groups excluding tert-OH is 1. The van der Waals surface area contributed by atoms with E-state index in [9.17, 15) is 4.79 Å². The summed E-state index contributed by atoms with van der Waals surface area (Å²) in [7, 11) is 1.50. The summed E-state index contributed by atoms with van der Waals surface area (Å²) in [4.78, 5) is 10.6. The standard InChI is InChI=1S/C9H11NO3.C2H6.CH5N.Y/c10-9(12)5-7-3-1-2-4-8(7)13-6-11;2*1-2;/h1-4,11H,5-6H2,(H2,10,12);1-2H3;2H2,1H3;. The molecule has 0 saturated heterocycles. The van der Waals surface area contributed by atoms with Crippen molar-refractivity contribution in [2.45, 2.75) is 20.3 Å². The van der Waals surface area contributed by atoms with Crippen LogP contribution in [0, 0.1) is 0 Å². The van der Waals surface area contributed by atoms with Crippen LogP contribution in [-0.2, 0) is 43.9 Å². The number of aliphatic hydroxyl groups is 1. The van der Waals surface area contributed by atoms with Gasteiger partial charge < -0.3 is 21.3 Å². The summed E-state index contributed by atoms with van der Waals surface area (Å²) >= 11 is 0. The van der Waals surface area contributed by atoms with Gasteiger partial charge in [-0.3, -0.25) is 4.79 Å². The average molecular weight is 331 g/mol. The summed E-state index contributed by atoms with van der Waals surface area (Å²) in [6.07, 6.45) is 0.121. The van der Waals surface area contributed by atoms with Crippen LogP contribution in [0.1, 0.15) is 19.4 Å². The molecule has 18 heavy (non-hydrogen) atoms. The Morgan fingerprint density at radius 2 is 1.78 bits per heavy atom. The van der Waals surface area contributed by atoms with Gasteiger partial charge in [-0.05, 0) is 13.1 Å². The van der Waals surface area contributed by atoms with Crippen molar-refractivity contribution >= 4 is 5.91 Å². The van der Waals surface area contributed by atoms with Gasteiger partial charge in [-0.25, -0.2) is 0 Å². The molecule has 1 rings (SSSR count). The average Bonchev–Trinajstić information content (AvgIpc) is 2.36. The Kier molecular flexibility index (Phi) is 20.8. The van der Waals surface area contributed by atoms with E-state index >= 15 is 0 Å². The number of carbonyl (C=O) groups excluding carboxylic acids is 1. The predicted octanol–water partition coefficient (Wildman–Crippen LogP) is 0.642. The van der Waals surface area contributed by atoms with Crippen molar-refractivity contribution in [3.05, 3.63) is 29.8 Å². The van der Waals surface area contributed by atoms with Crippen molar-refractivity contribution in [2.75, 3.05) is 13.8 Å². The minimum absolute atomic E-state index is 0. The van der Waals surface area contributed by atoms with Crippen LogP contribution in [0.5, 0.6) is 5.75 Å². The van der Waals surface area contributed by atoms with E-state index in [4.69, 9.17) is 15.6 Å². The van der Waals surface area contributed by atoms with E-state index in [-0.39, 0.29) is 39.1 Å². The van der Waals surface area contributed by atoms with E-state index in [1.54, 1.807) is 24.3 Å². The van der Waals surface area contributed by atoms with E-state index in [1.807, 2.05) is 13.8 Å². The molecule has 1 amide bonds. The van der Waals surface area contributed by atoms with Crippen LogP contribution >= 0.6 is 0 Å². The second-order valence-corrected chi connectivity index (χ2v) is 2.52. The molecule has 5 N–H and O–H groups in total. The first-order valence-corrected chi connectivity index (χ1v) is 5.41. The van der Waals surface area contributed by atoms with Gasteiger partial charge in [-0.15, -0.1) is 0 Å². The number of primary amides is 1. The van der Waals surface area contributed by atoms with Crippen molar-refractivity contribution < 1.29 is 47.3 Å². The number of hydrogen-bond donors (Lipinski definition) is 3. The summed E-state index contributed by atoms with van der Waals surface area (Å²) in [6.45, 7) is 3.59. The third-order valence-electron chi connectivity index (χ3n) is 1.56. The summed E-state index contributed by atoms with van der Waals surface area (Å²) < 4.78 is 4.89. The smallest absolute Gasteiger partial charge is 0.221 e. The predicted molar refractivity (Wildman–Crippen MR) is 68.5 cm³/mol. The van der Waals surface area contributed by atoms with Gasteiger partial charge in [0.15, 0.2) is 6.79 Å². The number of hydrogen-bond acceptors (Lipinski definition) is 4. The number of carbonyl (C=O) groups is 1. The zero-order valence-corrected chi connectivity index (χ0v) is 14.1. The molecule has 0 atom stereocenters. The van der Waals surface area contributed by atoms with E-state index in [0.717, 1.165) is 0 Å². The zero-order valence-electron chi connectivity index (χ0n) is 11.2. The molecular weight excluding hydrogens is 309 g/mol. The number of nitrogens with two attached hydrogens (primary N) is 2. The Labute approximate surface area is 134 Å². The quantitative estimate of drug-likeness (QED) is 0.705. The van der Waals surface area contributed by atoms with Crippen molar-refractivity contribution in [1.29, 1.82) is 0 Å². The van der Waals surface area contributed by atoms with Gasteiger partial charge in [0.1, 0.15) is 5.75 Å². The van der Waals surface area contributed by atoms with Crippen molar-refractivity contribution in [3.8, 4) is 5.75 Å². The number of ether oxygens (including phenoxy) is 1. The minimum atomic E-state index is -0.422. The Hall–Kier alpha value is -0.486. The van der Waals surface area contributed by atoms with Gasteiger partial charge in [0.2, 0.25) is 5.91 Å². The molecule has 0 bridgehead atoms. The molecule has 0 aromatic heterocycles. The number of amides is 1. The van der Waals surface area contributed by atoms with Gasteiger partial charge in [0.25, 0.3) is 0 Å². The van der Waals surface area contributed by atoms with Gasteiger partial charge >= 0.3 is 0 Å². The molecule has 0 saturated carbocycles. The first kappa shape index (κ1) is 22.7. The largest absolute Gasteiger partial charge is 0.467 e. The molecule has 1 radical (unpaired) electrons. The fraction of sp³-hybridized carbons (Fsp3) is 0.417. The molecule has 1 aromatic carbocycles. The third kappa shape index (κ3) is 10.7.